The zero-order valence-corrected chi connectivity index (χ0v) is 37.0. The van der Waals surface area contributed by atoms with Crippen LogP contribution < -0.4 is 5.32 Å². The van der Waals surface area contributed by atoms with E-state index in [1.54, 1.807) is 0 Å². The SMILES string of the molecule is CC/C=C/C/C=C/C/C=C/CCCCCCC(=O)OC(CCCCC/C=C\CCCC)CC(=O)NC(CO)C(O)CCCCCCCCCCCCCCCC. The Hall–Kier alpha value is -2.18. The van der Waals surface area contributed by atoms with Crippen LogP contribution >= 0.6 is 0 Å². The molecule has 6 nitrogen and oxygen atoms in total. The molecule has 0 radical (unpaired) electrons. The molecular formula is C50H91NO5. The Kier molecular flexibility index (Phi) is 42.2. The number of hydrogen-bond donors (Lipinski definition) is 3. The molecule has 326 valence electrons. The molecule has 0 rings (SSSR count). The minimum atomic E-state index is -0.794. The fourth-order valence-electron chi connectivity index (χ4n) is 7.01. The van der Waals surface area contributed by atoms with Crippen LogP contribution in [0.2, 0.25) is 0 Å². The van der Waals surface area contributed by atoms with E-state index < -0.39 is 18.2 Å². The quantitative estimate of drug-likeness (QED) is 0.0325. The zero-order chi connectivity index (χ0) is 41.0. The second-order valence-corrected chi connectivity index (χ2v) is 16.1. The van der Waals surface area contributed by atoms with Crippen molar-refractivity contribution < 1.29 is 24.5 Å². The van der Waals surface area contributed by atoms with Crippen LogP contribution in [0.4, 0.5) is 0 Å². The van der Waals surface area contributed by atoms with Gasteiger partial charge in [0.2, 0.25) is 5.91 Å². The monoisotopic (exact) mass is 786 g/mol. The first-order valence-corrected chi connectivity index (χ1v) is 23.9. The summed E-state index contributed by atoms with van der Waals surface area (Å²) in [7, 11) is 0. The average Bonchev–Trinajstić information content (AvgIpc) is 3.19. The summed E-state index contributed by atoms with van der Waals surface area (Å²) in [6.45, 7) is 6.31. The number of esters is 1. The fraction of sp³-hybridized carbons (Fsp3) is 0.800. The van der Waals surface area contributed by atoms with E-state index in [0.717, 1.165) is 103 Å². The van der Waals surface area contributed by atoms with E-state index in [1.165, 1.54) is 83.5 Å². The number of rotatable bonds is 42. The smallest absolute Gasteiger partial charge is 0.306 e. The maximum atomic E-state index is 13.1. The van der Waals surface area contributed by atoms with Crippen molar-refractivity contribution in [2.45, 2.75) is 251 Å². The number of aliphatic hydroxyl groups is 2. The molecule has 56 heavy (non-hydrogen) atoms. The number of allylic oxidation sites excluding steroid dienone is 8. The first kappa shape index (κ1) is 53.8. The lowest BCUT2D eigenvalue weighted by Gasteiger charge is -2.24. The standard InChI is InChI=1S/C50H91NO5/c1-4-7-10-13-16-19-21-23-25-27-30-33-36-39-42-48(53)47(45-52)51-49(54)44-46(41-38-35-32-29-18-15-12-9-6-3)56-50(55)43-40-37-34-31-28-26-24-22-20-17-14-11-8-5-2/h8,11,15,17-18,20,24,26,46-48,52-53H,4-7,9-10,12-14,16,19,21-23,25,27-45H2,1-3H3,(H,51,54)/b11-8+,18-15-,20-17+,26-24+. The van der Waals surface area contributed by atoms with Crippen molar-refractivity contribution in [2.24, 2.45) is 0 Å². The Bertz CT molecular complexity index is 972. The van der Waals surface area contributed by atoms with Crippen molar-refractivity contribution in [3.05, 3.63) is 48.6 Å². The number of hydrogen-bond acceptors (Lipinski definition) is 5. The van der Waals surface area contributed by atoms with Crippen molar-refractivity contribution in [2.75, 3.05) is 6.61 Å². The van der Waals surface area contributed by atoms with Crippen molar-refractivity contribution >= 4 is 11.9 Å². The van der Waals surface area contributed by atoms with E-state index >= 15 is 0 Å². The van der Waals surface area contributed by atoms with Crippen LogP contribution in [0.1, 0.15) is 233 Å². The molecule has 0 bridgehead atoms. The molecule has 0 aromatic heterocycles. The summed E-state index contributed by atoms with van der Waals surface area (Å²) in [6, 6.07) is -0.709. The van der Waals surface area contributed by atoms with Crippen LogP contribution in [0.25, 0.3) is 0 Å². The van der Waals surface area contributed by atoms with Gasteiger partial charge in [-0.05, 0) is 77.0 Å². The maximum absolute atomic E-state index is 13.1. The predicted molar refractivity (Wildman–Crippen MR) is 241 cm³/mol. The number of unbranched alkanes of at least 4 members (excludes halogenated alkanes) is 22. The highest BCUT2D eigenvalue weighted by molar-refractivity contribution is 5.77. The van der Waals surface area contributed by atoms with Gasteiger partial charge < -0.3 is 20.3 Å². The zero-order valence-electron chi connectivity index (χ0n) is 37.0. The van der Waals surface area contributed by atoms with E-state index in [9.17, 15) is 19.8 Å². The van der Waals surface area contributed by atoms with Crippen LogP contribution in [0.3, 0.4) is 0 Å². The van der Waals surface area contributed by atoms with Crippen molar-refractivity contribution in [3.63, 3.8) is 0 Å². The highest BCUT2D eigenvalue weighted by Crippen LogP contribution is 2.17. The molecular weight excluding hydrogens is 695 g/mol. The topological polar surface area (TPSA) is 95.9 Å². The van der Waals surface area contributed by atoms with Gasteiger partial charge in [0.05, 0.1) is 25.2 Å². The van der Waals surface area contributed by atoms with Gasteiger partial charge in [0.25, 0.3) is 0 Å². The van der Waals surface area contributed by atoms with Crippen molar-refractivity contribution in [3.8, 4) is 0 Å². The minimum absolute atomic E-state index is 0.0572. The van der Waals surface area contributed by atoms with E-state index in [0.29, 0.717) is 19.3 Å². The largest absolute Gasteiger partial charge is 0.462 e. The number of ether oxygens (including phenoxy) is 1. The molecule has 0 aliphatic heterocycles. The molecule has 0 heterocycles. The van der Waals surface area contributed by atoms with Crippen LogP contribution in [0.15, 0.2) is 48.6 Å². The lowest BCUT2D eigenvalue weighted by molar-refractivity contribution is -0.151. The molecule has 0 fully saturated rings. The lowest BCUT2D eigenvalue weighted by atomic mass is 10.0. The van der Waals surface area contributed by atoms with E-state index in [4.69, 9.17) is 4.74 Å². The normalized spacial score (nSPS) is 13.7. The van der Waals surface area contributed by atoms with E-state index in [-0.39, 0.29) is 24.9 Å². The van der Waals surface area contributed by atoms with Crippen LogP contribution in [-0.2, 0) is 14.3 Å². The van der Waals surface area contributed by atoms with Gasteiger partial charge in [-0.1, -0.05) is 191 Å². The van der Waals surface area contributed by atoms with E-state index in [2.05, 4.69) is 74.7 Å². The Morgan fingerprint density at radius 1 is 0.536 bits per heavy atom. The molecule has 0 saturated heterocycles. The summed E-state index contributed by atoms with van der Waals surface area (Å²) < 4.78 is 5.88. The molecule has 0 saturated carbocycles. The molecule has 6 heteroatoms. The number of carbonyl (C=O) groups excluding carboxylic acids is 2. The Balaban J connectivity index is 4.53. The minimum Gasteiger partial charge on any atom is -0.462 e. The highest BCUT2D eigenvalue weighted by atomic mass is 16.5. The third-order valence-electron chi connectivity index (χ3n) is 10.6. The van der Waals surface area contributed by atoms with Crippen molar-refractivity contribution in [1.82, 2.24) is 5.32 Å². The summed E-state index contributed by atoms with van der Waals surface area (Å²) in [6.07, 6.45) is 51.7. The van der Waals surface area contributed by atoms with Gasteiger partial charge in [-0.2, -0.15) is 0 Å². The molecule has 3 N–H and O–H groups in total. The van der Waals surface area contributed by atoms with E-state index in [1.807, 2.05) is 0 Å². The Morgan fingerprint density at radius 3 is 1.55 bits per heavy atom. The average molecular weight is 786 g/mol. The number of nitrogens with one attached hydrogen (secondary N) is 1. The molecule has 0 aliphatic carbocycles. The number of amides is 1. The summed E-state index contributed by atoms with van der Waals surface area (Å²) in [5, 5.41) is 23.7. The van der Waals surface area contributed by atoms with Gasteiger partial charge in [0, 0.05) is 6.42 Å². The van der Waals surface area contributed by atoms with Crippen LogP contribution in [0, 0.1) is 0 Å². The molecule has 0 spiro atoms. The summed E-state index contributed by atoms with van der Waals surface area (Å²) in [5.74, 6) is -0.517. The highest BCUT2D eigenvalue weighted by Gasteiger charge is 2.24. The van der Waals surface area contributed by atoms with Gasteiger partial charge in [0.15, 0.2) is 0 Å². The maximum Gasteiger partial charge on any atom is 0.306 e. The fourth-order valence-corrected chi connectivity index (χ4v) is 7.01. The van der Waals surface area contributed by atoms with Gasteiger partial charge in [-0.15, -0.1) is 0 Å². The van der Waals surface area contributed by atoms with Gasteiger partial charge in [0.1, 0.15) is 6.10 Å². The lowest BCUT2D eigenvalue weighted by Crippen LogP contribution is -2.46. The Labute approximate surface area is 346 Å². The molecule has 3 atom stereocenters. The molecule has 0 aliphatic rings. The second kappa shape index (κ2) is 43.9. The number of aliphatic hydroxyl groups excluding tert-OH is 2. The molecule has 1 amide bonds. The third kappa shape index (κ3) is 38.7. The first-order chi connectivity index (χ1) is 27.5. The second-order valence-electron chi connectivity index (χ2n) is 16.1. The van der Waals surface area contributed by atoms with Gasteiger partial charge >= 0.3 is 5.97 Å². The molecule has 3 unspecified atom stereocenters. The van der Waals surface area contributed by atoms with Crippen LogP contribution in [-0.4, -0.2) is 46.9 Å². The summed E-state index contributed by atoms with van der Waals surface area (Å²) >= 11 is 0. The summed E-state index contributed by atoms with van der Waals surface area (Å²) in [5.41, 5.74) is 0. The van der Waals surface area contributed by atoms with Gasteiger partial charge in [-0.25, -0.2) is 0 Å². The summed E-state index contributed by atoms with van der Waals surface area (Å²) in [4.78, 5) is 26.0. The molecule has 0 aromatic rings. The number of carbonyl (C=O) groups is 2. The Morgan fingerprint density at radius 2 is 0.982 bits per heavy atom. The first-order valence-electron chi connectivity index (χ1n) is 23.9. The van der Waals surface area contributed by atoms with Crippen LogP contribution in [0.5, 0.6) is 0 Å². The third-order valence-corrected chi connectivity index (χ3v) is 10.6. The van der Waals surface area contributed by atoms with Crippen molar-refractivity contribution in [1.29, 1.82) is 0 Å². The molecule has 0 aromatic carbocycles. The predicted octanol–water partition coefficient (Wildman–Crippen LogP) is 13.9. The van der Waals surface area contributed by atoms with Gasteiger partial charge in [-0.3, -0.25) is 9.59 Å².